The number of hydrogen-bond donors (Lipinski definition) is 1. The summed E-state index contributed by atoms with van der Waals surface area (Å²) in [5.74, 6) is -1.85. The van der Waals surface area contributed by atoms with Crippen molar-refractivity contribution in [1.29, 1.82) is 0 Å². The fraction of sp³-hybridized carbons (Fsp3) is 0.500. The van der Waals surface area contributed by atoms with Crippen LogP contribution in [0.25, 0.3) is 0 Å². The number of nitrogens with zero attached hydrogens (tertiary/aromatic N) is 1. The molecule has 1 aromatic carbocycles. The Labute approximate surface area is 106 Å². The average Bonchev–Trinajstić information content (AvgIpc) is 2.83. The van der Waals surface area contributed by atoms with Gasteiger partial charge in [0.1, 0.15) is 11.4 Å². The first kappa shape index (κ1) is 12.9. The second kappa shape index (κ2) is 5.38. The molecule has 1 fully saturated rings. The van der Waals surface area contributed by atoms with Crippen LogP contribution in [0.2, 0.25) is 0 Å². The third kappa shape index (κ3) is 2.33. The Bertz CT molecular complexity index is 441. The lowest BCUT2D eigenvalue weighted by Gasteiger charge is -2.31. The summed E-state index contributed by atoms with van der Waals surface area (Å²) in [6.45, 7) is 2.68. The average molecular weight is 251 g/mol. The minimum atomic E-state index is -1.19. The van der Waals surface area contributed by atoms with E-state index >= 15 is 0 Å². The zero-order valence-corrected chi connectivity index (χ0v) is 10.5. The smallest absolute Gasteiger partial charge is 0.340 e. The van der Waals surface area contributed by atoms with Crippen LogP contribution in [0.1, 0.15) is 43.0 Å². The number of anilines is 1. The number of benzene rings is 1. The first-order valence-electron chi connectivity index (χ1n) is 6.43. The minimum Gasteiger partial charge on any atom is -0.478 e. The number of carboxylic acids is 1. The number of carbonyl (C=O) groups is 1. The quantitative estimate of drug-likeness (QED) is 0.892. The van der Waals surface area contributed by atoms with Gasteiger partial charge in [0.2, 0.25) is 0 Å². The maximum absolute atomic E-state index is 13.7. The Kier molecular flexibility index (Phi) is 3.84. The SMILES string of the molecule is CCN(c1cccc(F)c1C(=O)O)C1CCCC1. The predicted octanol–water partition coefficient (Wildman–Crippen LogP) is 3.29. The summed E-state index contributed by atoms with van der Waals surface area (Å²) in [7, 11) is 0. The summed E-state index contributed by atoms with van der Waals surface area (Å²) >= 11 is 0. The molecular weight excluding hydrogens is 233 g/mol. The van der Waals surface area contributed by atoms with Crippen molar-refractivity contribution in [2.75, 3.05) is 11.4 Å². The van der Waals surface area contributed by atoms with E-state index in [-0.39, 0.29) is 5.56 Å². The Morgan fingerprint density at radius 3 is 2.67 bits per heavy atom. The minimum absolute atomic E-state index is 0.203. The van der Waals surface area contributed by atoms with E-state index in [1.165, 1.54) is 18.9 Å². The van der Waals surface area contributed by atoms with Gasteiger partial charge >= 0.3 is 5.97 Å². The Morgan fingerprint density at radius 1 is 1.44 bits per heavy atom. The van der Waals surface area contributed by atoms with Crippen LogP contribution in [0.4, 0.5) is 10.1 Å². The van der Waals surface area contributed by atoms with E-state index in [2.05, 4.69) is 0 Å². The van der Waals surface area contributed by atoms with Crippen molar-refractivity contribution in [3.8, 4) is 0 Å². The molecule has 2 rings (SSSR count). The van der Waals surface area contributed by atoms with Gasteiger partial charge in [-0.3, -0.25) is 0 Å². The molecule has 0 amide bonds. The van der Waals surface area contributed by atoms with Crippen molar-refractivity contribution in [3.05, 3.63) is 29.6 Å². The third-order valence-electron chi connectivity index (χ3n) is 3.62. The van der Waals surface area contributed by atoms with Crippen molar-refractivity contribution in [3.63, 3.8) is 0 Å². The molecule has 0 atom stereocenters. The van der Waals surface area contributed by atoms with Crippen LogP contribution in [-0.2, 0) is 0 Å². The van der Waals surface area contributed by atoms with Gasteiger partial charge in [0, 0.05) is 12.6 Å². The number of aromatic carboxylic acids is 1. The summed E-state index contributed by atoms with van der Waals surface area (Å²) in [4.78, 5) is 13.2. The maximum atomic E-state index is 13.7. The molecule has 4 heteroatoms. The van der Waals surface area contributed by atoms with Crippen LogP contribution in [0.5, 0.6) is 0 Å². The highest BCUT2D eigenvalue weighted by molar-refractivity contribution is 5.94. The molecule has 1 N–H and O–H groups in total. The summed E-state index contributed by atoms with van der Waals surface area (Å²) < 4.78 is 13.7. The summed E-state index contributed by atoms with van der Waals surface area (Å²) in [5, 5.41) is 9.17. The summed E-state index contributed by atoms with van der Waals surface area (Å²) in [6.07, 6.45) is 4.45. The van der Waals surface area contributed by atoms with Gasteiger partial charge < -0.3 is 10.0 Å². The molecule has 0 aromatic heterocycles. The molecule has 0 aliphatic heterocycles. The predicted molar refractivity (Wildman–Crippen MR) is 68.6 cm³/mol. The van der Waals surface area contributed by atoms with Crippen molar-refractivity contribution in [1.82, 2.24) is 0 Å². The molecule has 0 unspecified atom stereocenters. The van der Waals surface area contributed by atoms with Gasteiger partial charge in [-0.05, 0) is 31.9 Å². The second-order valence-electron chi connectivity index (χ2n) is 4.66. The lowest BCUT2D eigenvalue weighted by molar-refractivity contribution is 0.0692. The van der Waals surface area contributed by atoms with Gasteiger partial charge in [-0.15, -0.1) is 0 Å². The molecule has 0 heterocycles. The standard InChI is InChI=1S/C14H18FNO2/c1-2-16(10-6-3-4-7-10)12-9-5-8-11(15)13(12)14(17)18/h5,8-10H,2-4,6-7H2,1H3,(H,17,18). The molecule has 18 heavy (non-hydrogen) atoms. The van der Waals surface area contributed by atoms with E-state index in [1.54, 1.807) is 12.1 Å². The van der Waals surface area contributed by atoms with E-state index in [0.29, 0.717) is 18.3 Å². The molecule has 1 saturated carbocycles. The Hall–Kier alpha value is -1.58. The summed E-state index contributed by atoms with van der Waals surface area (Å²) in [6, 6.07) is 4.83. The van der Waals surface area contributed by atoms with Gasteiger partial charge in [-0.1, -0.05) is 18.9 Å². The van der Waals surface area contributed by atoms with Crippen molar-refractivity contribution < 1.29 is 14.3 Å². The van der Waals surface area contributed by atoms with Crippen LogP contribution in [0, 0.1) is 5.82 Å². The second-order valence-corrected chi connectivity index (χ2v) is 4.66. The molecule has 1 aliphatic carbocycles. The van der Waals surface area contributed by atoms with Crippen LogP contribution in [-0.4, -0.2) is 23.7 Å². The van der Waals surface area contributed by atoms with Crippen molar-refractivity contribution in [2.24, 2.45) is 0 Å². The molecule has 0 radical (unpaired) electrons. The number of hydrogen-bond acceptors (Lipinski definition) is 2. The Morgan fingerprint density at radius 2 is 2.11 bits per heavy atom. The van der Waals surface area contributed by atoms with Crippen LogP contribution in [0.15, 0.2) is 18.2 Å². The fourth-order valence-electron chi connectivity index (χ4n) is 2.80. The van der Waals surface area contributed by atoms with Gasteiger partial charge in [0.15, 0.2) is 0 Å². The molecule has 0 bridgehead atoms. The van der Waals surface area contributed by atoms with Crippen LogP contribution >= 0.6 is 0 Å². The van der Waals surface area contributed by atoms with Crippen LogP contribution in [0.3, 0.4) is 0 Å². The first-order valence-corrected chi connectivity index (χ1v) is 6.43. The molecule has 0 spiro atoms. The highest BCUT2D eigenvalue weighted by Gasteiger charge is 2.26. The van der Waals surface area contributed by atoms with E-state index in [4.69, 9.17) is 5.11 Å². The topological polar surface area (TPSA) is 40.5 Å². The highest BCUT2D eigenvalue weighted by Crippen LogP contribution is 2.31. The van der Waals surface area contributed by atoms with Gasteiger partial charge in [0.25, 0.3) is 0 Å². The largest absolute Gasteiger partial charge is 0.478 e. The van der Waals surface area contributed by atoms with Gasteiger partial charge in [0.05, 0.1) is 5.69 Å². The number of rotatable bonds is 4. The normalized spacial score (nSPS) is 15.9. The molecule has 1 aliphatic rings. The molecule has 3 nitrogen and oxygen atoms in total. The monoisotopic (exact) mass is 251 g/mol. The van der Waals surface area contributed by atoms with Gasteiger partial charge in [-0.2, -0.15) is 0 Å². The molecular formula is C14H18FNO2. The van der Waals surface area contributed by atoms with Crippen LogP contribution < -0.4 is 4.90 Å². The van der Waals surface area contributed by atoms with E-state index < -0.39 is 11.8 Å². The number of halogens is 1. The molecule has 1 aromatic rings. The Balaban J connectivity index is 2.41. The van der Waals surface area contributed by atoms with Gasteiger partial charge in [-0.25, -0.2) is 9.18 Å². The lowest BCUT2D eigenvalue weighted by atomic mass is 10.1. The zero-order chi connectivity index (χ0) is 13.1. The van der Waals surface area contributed by atoms with E-state index in [9.17, 15) is 9.18 Å². The van der Waals surface area contributed by atoms with E-state index in [0.717, 1.165) is 12.8 Å². The number of carboxylic acid groups (broad SMARTS) is 1. The maximum Gasteiger partial charge on any atom is 0.340 e. The summed E-state index contributed by atoms with van der Waals surface area (Å²) in [5.41, 5.74) is 0.308. The fourth-order valence-corrected chi connectivity index (χ4v) is 2.80. The van der Waals surface area contributed by atoms with E-state index in [1.807, 2.05) is 11.8 Å². The molecule has 98 valence electrons. The zero-order valence-electron chi connectivity index (χ0n) is 10.5. The lowest BCUT2D eigenvalue weighted by Crippen LogP contribution is -2.34. The molecule has 0 saturated heterocycles. The van der Waals surface area contributed by atoms with Crippen molar-refractivity contribution >= 4 is 11.7 Å². The first-order chi connectivity index (χ1) is 8.65. The highest BCUT2D eigenvalue weighted by atomic mass is 19.1. The van der Waals surface area contributed by atoms with Crippen molar-refractivity contribution in [2.45, 2.75) is 38.6 Å². The third-order valence-corrected chi connectivity index (χ3v) is 3.62.